The quantitative estimate of drug-likeness (QED) is 0.476. The van der Waals surface area contributed by atoms with Gasteiger partial charge in [0.2, 0.25) is 21.8 Å². The van der Waals surface area contributed by atoms with Crippen LogP contribution >= 0.6 is 23.2 Å². The van der Waals surface area contributed by atoms with Crippen LogP contribution < -0.4 is 9.62 Å². The van der Waals surface area contributed by atoms with E-state index in [9.17, 15) is 18.0 Å². The van der Waals surface area contributed by atoms with E-state index in [0.29, 0.717) is 0 Å². The average molecular weight is 555 g/mol. The number of hydrogen-bond donors (Lipinski definition) is 1. The molecule has 0 spiro atoms. The molecule has 1 aliphatic carbocycles. The second kappa shape index (κ2) is 12.3. The summed E-state index contributed by atoms with van der Waals surface area (Å²) in [5, 5.41) is 3.51. The van der Waals surface area contributed by atoms with Gasteiger partial charge in [0.25, 0.3) is 0 Å². The molecule has 1 N–H and O–H groups in total. The van der Waals surface area contributed by atoms with Gasteiger partial charge in [-0.2, -0.15) is 0 Å². The lowest BCUT2D eigenvalue weighted by molar-refractivity contribution is -0.139. The molecule has 0 bridgehead atoms. The molecule has 1 atom stereocenters. The molecule has 196 valence electrons. The lowest BCUT2D eigenvalue weighted by Crippen LogP contribution is -2.53. The maximum absolute atomic E-state index is 13.7. The third-order valence-corrected chi connectivity index (χ3v) is 8.26. The van der Waals surface area contributed by atoms with Crippen molar-refractivity contribution in [2.24, 2.45) is 0 Å². The molecule has 0 aromatic heterocycles. The van der Waals surface area contributed by atoms with Crippen LogP contribution in [0.2, 0.25) is 10.0 Å². The van der Waals surface area contributed by atoms with E-state index < -0.39 is 28.5 Å². The second-order valence-electron chi connectivity index (χ2n) is 9.33. The lowest BCUT2D eigenvalue weighted by atomic mass is 9.95. The minimum absolute atomic E-state index is 0.0851. The summed E-state index contributed by atoms with van der Waals surface area (Å²) in [6.07, 6.45) is 6.12. The summed E-state index contributed by atoms with van der Waals surface area (Å²) in [5.41, 5.74) is 1.94. The molecule has 0 heterocycles. The lowest BCUT2D eigenvalue weighted by Gasteiger charge is -2.33. The van der Waals surface area contributed by atoms with Crippen LogP contribution in [-0.4, -0.2) is 50.0 Å². The first-order valence-electron chi connectivity index (χ1n) is 12.0. The van der Waals surface area contributed by atoms with Crippen molar-refractivity contribution in [1.29, 1.82) is 0 Å². The van der Waals surface area contributed by atoms with Crippen molar-refractivity contribution in [3.8, 4) is 0 Å². The number of amides is 2. The summed E-state index contributed by atoms with van der Waals surface area (Å²) in [6.45, 7) is 3.24. The molecular formula is C26H33Cl2N3O4S. The van der Waals surface area contributed by atoms with E-state index in [2.05, 4.69) is 5.32 Å². The van der Waals surface area contributed by atoms with Crippen molar-refractivity contribution in [3.05, 3.63) is 63.6 Å². The minimum Gasteiger partial charge on any atom is -0.352 e. The molecule has 1 fully saturated rings. The van der Waals surface area contributed by atoms with Gasteiger partial charge >= 0.3 is 0 Å². The van der Waals surface area contributed by atoms with Crippen LogP contribution in [0, 0.1) is 6.92 Å². The Kier molecular flexibility index (Phi) is 9.66. The average Bonchev–Trinajstić information content (AvgIpc) is 2.83. The van der Waals surface area contributed by atoms with E-state index in [4.69, 9.17) is 23.2 Å². The van der Waals surface area contributed by atoms with Crippen LogP contribution in [0.1, 0.15) is 50.2 Å². The summed E-state index contributed by atoms with van der Waals surface area (Å²) in [6, 6.07) is 11.3. The van der Waals surface area contributed by atoms with Gasteiger partial charge in [0.05, 0.1) is 17.0 Å². The molecule has 0 unspecified atom stereocenters. The van der Waals surface area contributed by atoms with Gasteiger partial charge in [-0.3, -0.25) is 13.9 Å². The highest BCUT2D eigenvalue weighted by molar-refractivity contribution is 7.92. The number of nitrogens with one attached hydrogen (secondary N) is 1. The number of carbonyl (C=O) groups is 2. The predicted octanol–water partition coefficient (Wildman–Crippen LogP) is 4.93. The maximum Gasteiger partial charge on any atom is 0.244 e. The largest absolute Gasteiger partial charge is 0.352 e. The normalized spacial score (nSPS) is 15.2. The fraction of sp³-hybridized carbons (Fsp3) is 0.462. The van der Waals surface area contributed by atoms with Crippen molar-refractivity contribution in [2.45, 2.75) is 64.6 Å². The summed E-state index contributed by atoms with van der Waals surface area (Å²) in [7, 11) is -3.89. The molecule has 2 amide bonds. The Morgan fingerprint density at radius 1 is 1.08 bits per heavy atom. The van der Waals surface area contributed by atoms with Crippen LogP contribution in [-0.2, 0) is 26.2 Å². The van der Waals surface area contributed by atoms with Crippen molar-refractivity contribution >= 4 is 50.7 Å². The van der Waals surface area contributed by atoms with Crippen LogP contribution in [0.15, 0.2) is 42.5 Å². The molecule has 2 aromatic rings. The Labute approximate surface area is 223 Å². The number of carbonyl (C=O) groups excluding carboxylic acids is 2. The first kappa shape index (κ1) is 28.3. The number of halogens is 2. The van der Waals surface area contributed by atoms with Gasteiger partial charge in [0.1, 0.15) is 12.6 Å². The summed E-state index contributed by atoms with van der Waals surface area (Å²) >= 11 is 12.4. The molecule has 10 heteroatoms. The minimum atomic E-state index is -3.89. The van der Waals surface area contributed by atoms with Crippen molar-refractivity contribution < 1.29 is 18.0 Å². The van der Waals surface area contributed by atoms with Crippen molar-refractivity contribution in [1.82, 2.24) is 10.2 Å². The van der Waals surface area contributed by atoms with Crippen LogP contribution in [0.5, 0.6) is 0 Å². The molecule has 0 aliphatic heterocycles. The Morgan fingerprint density at radius 2 is 1.75 bits per heavy atom. The molecule has 36 heavy (non-hydrogen) atoms. The number of nitrogens with zero attached hydrogens (tertiary/aromatic N) is 2. The van der Waals surface area contributed by atoms with E-state index in [1.54, 1.807) is 6.92 Å². The van der Waals surface area contributed by atoms with E-state index in [1.807, 2.05) is 31.2 Å². The Morgan fingerprint density at radius 3 is 2.39 bits per heavy atom. The van der Waals surface area contributed by atoms with Gasteiger partial charge in [-0.05, 0) is 56.0 Å². The van der Waals surface area contributed by atoms with Gasteiger partial charge in [0, 0.05) is 17.6 Å². The monoisotopic (exact) mass is 553 g/mol. The first-order chi connectivity index (χ1) is 17.0. The predicted molar refractivity (Wildman–Crippen MR) is 145 cm³/mol. The number of sulfonamides is 1. The highest BCUT2D eigenvalue weighted by Crippen LogP contribution is 2.31. The fourth-order valence-electron chi connectivity index (χ4n) is 4.39. The van der Waals surface area contributed by atoms with Crippen molar-refractivity contribution in [3.63, 3.8) is 0 Å². The highest BCUT2D eigenvalue weighted by atomic mass is 35.5. The van der Waals surface area contributed by atoms with E-state index in [0.717, 1.165) is 53.8 Å². The van der Waals surface area contributed by atoms with Crippen LogP contribution in [0.25, 0.3) is 0 Å². The van der Waals surface area contributed by atoms with Gasteiger partial charge in [-0.15, -0.1) is 0 Å². The number of hydrogen-bond acceptors (Lipinski definition) is 4. The molecule has 1 saturated carbocycles. The molecular weight excluding hydrogens is 521 g/mol. The van der Waals surface area contributed by atoms with E-state index in [1.165, 1.54) is 23.1 Å². The Balaban J connectivity index is 1.91. The first-order valence-corrected chi connectivity index (χ1v) is 14.6. The Hall–Kier alpha value is -2.29. The number of benzene rings is 2. The van der Waals surface area contributed by atoms with Gasteiger partial charge < -0.3 is 10.2 Å². The zero-order valence-electron chi connectivity index (χ0n) is 20.8. The number of rotatable bonds is 9. The maximum atomic E-state index is 13.7. The van der Waals surface area contributed by atoms with Crippen LogP contribution in [0.3, 0.4) is 0 Å². The van der Waals surface area contributed by atoms with E-state index in [-0.39, 0.29) is 34.2 Å². The van der Waals surface area contributed by atoms with Gasteiger partial charge in [-0.25, -0.2) is 8.42 Å². The standard InChI is InChI=1S/C26H33Cl2N3O4S/c1-18-9-7-8-10-20(18)16-30(19(2)26(33)29-22-11-5-4-6-12-22)25(32)17-31(36(3,34)35)24-15-21(27)13-14-23(24)28/h7-10,13-15,19,22H,4-6,11-12,16-17H2,1-3H3,(H,29,33)/t19-/m1/s1. The molecule has 0 saturated heterocycles. The van der Waals surface area contributed by atoms with Crippen LogP contribution in [0.4, 0.5) is 5.69 Å². The topological polar surface area (TPSA) is 86.8 Å². The smallest absolute Gasteiger partial charge is 0.244 e. The fourth-order valence-corrected chi connectivity index (χ4v) is 5.68. The number of anilines is 1. The SMILES string of the molecule is Cc1ccccc1CN(C(=O)CN(c1cc(Cl)ccc1Cl)S(C)(=O)=O)[C@H](C)C(=O)NC1CCCCC1. The highest BCUT2D eigenvalue weighted by Gasteiger charge is 2.32. The summed E-state index contributed by atoms with van der Waals surface area (Å²) < 4.78 is 26.3. The second-order valence-corrected chi connectivity index (χ2v) is 12.1. The van der Waals surface area contributed by atoms with Gasteiger partial charge in [-0.1, -0.05) is 66.7 Å². The van der Waals surface area contributed by atoms with E-state index >= 15 is 0 Å². The molecule has 7 nitrogen and oxygen atoms in total. The summed E-state index contributed by atoms with van der Waals surface area (Å²) in [5.74, 6) is -0.776. The zero-order chi connectivity index (χ0) is 26.5. The third kappa shape index (κ3) is 7.37. The molecule has 1 aliphatic rings. The number of aryl methyl sites for hydroxylation is 1. The Bertz CT molecular complexity index is 1200. The molecule has 3 rings (SSSR count). The molecule has 0 radical (unpaired) electrons. The summed E-state index contributed by atoms with van der Waals surface area (Å²) in [4.78, 5) is 28.3. The molecule has 2 aromatic carbocycles. The zero-order valence-corrected chi connectivity index (χ0v) is 23.2. The van der Waals surface area contributed by atoms with Gasteiger partial charge in [0.15, 0.2) is 0 Å². The third-order valence-electron chi connectivity index (χ3n) is 6.58. The van der Waals surface area contributed by atoms with Crippen molar-refractivity contribution in [2.75, 3.05) is 17.1 Å².